The summed E-state index contributed by atoms with van der Waals surface area (Å²) in [6.45, 7) is 0.538. The van der Waals surface area contributed by atoms with Gasteiger partial charge in [0.25, 0.3) is 5.91 Å². The number of carbonyl (C=O) groups excluding carboxylic acids is 2. The predicted molar refractivity (Wildman–Crippen MR) is 115 cm³/mol. The first-order valence-electron chi connectivity index (χ1n) is 11.3. The highest BCUT2D eigenvalue weighted by atomic mass is 16.3. The van der Waals surface area contributed by atoms with Crippen molar-refractivity contribution in [3.8, 4) is 0 Å². The summed E-state index contributed by atoms with van der Waals surface area (Å²) in [5.41, 5.74) is 2.49. The molecule has 1 aliphatic heterocycles. The van der Waals surface area contributed by atoms with Crippen LogP contribution in [0.1, 0.15) is 76.8 Å². The molecule has 0 spiro atoms. The first-order chi connectivity index (χ1) is 14.6. The number of fused-ring (bicyclic) bond motifs is 2. The Labute approximate surface area is 177 Å². The van der Waals surface area contributed by atoms with Crippen LogP contribution in [0.3, 0.4) is 0 Å². The third-order valence-electron chi connectivity index (χ3n) is 7.52. The molecule has 5 rings (SSSR count). The van der Waals surface area contributed by atoms with Gasteiger partial charge in [-0.2, -0.15) is 0 Å². The molecular formula is C26H29NO3. The van der Waals surface area contributed by atoms with E-state index in [-0.39, 0.29) is 23.7 Å². The first kappa shape index (κ1) is 19.5. The van der Waals surface area contributed by atoms with Crippen molar-refractivity contribution in [2.24, 2.45) is 5.92 Å². The van der Waals surface area contributed by atoms with Crippen molar-refractivity contribution in [2.75, 3.05) is 6.54 Å². The molecule has 2 fully saturated rings. The Hall–Kier alpha value is -2.46. The van der Waals surface area contributed by atoms with Gasteiger partial charge in [0.1, 0.15) is 0 Å². The fraction of sp³-hybridized carbons (Fsp3) is 0.462. The molecule has 0 radical (unpaired) electrons. The van der Waals surface area contributed by atoms with E-state index in [1.807, 2.05) is 53.4 Å². The average molecular weight is 404 g/mol. The Morgan fingerprint density at radius 3 is 2.63 bits per heavy atom. The van der Waals surface area contributed by atoms with Gasteiger partial charge in [0.05, 0.1) is 5.60 Å². The molecule has 0 aromatic heterocycles. The molecule has 1 heterocycles. The topological polar surface area (TPSA) is 57.6 Å². The lowest BCUT2D eigenvalue weighted by molar-refractivity contribution is -0.110. The van der Waals surface area contributed by atoms with E-state index in [0.29, 0.717) is 24.9 Å². The lowest BCUT2D eigenvalue weighted by atomic mass is 9.66. The molecule has 1 N–H and O–H groups in total. The standard InChI is InChI=1S/C26H29NO3/c28-24-12-6-7-18-13-14-19(17-21(18)24)25(29)27-16-15-26(30,20-8-2-1-3-9-20)22-10-4-5-11-23(22)27/h1-3,8-9,13-14,17,22-23,30H,4-7,10-12,15-16H2/t22-,23?,26+/m1/s1. The minimum Gasteiger partial charge on any atom is -0.385 e. The van der Waals surface area contributed by atoms with Gasteiger partial charge in [-0.15, -0.1) is 0 Å². The van der Waals surface area contributed by atoms with E-state index >= 15 is 0 Å². The molecule has 4 nitrogen and oxygen atoms in total. The van der Waals surface area contributed by atoms with Crippen LogP contribution in [0.2, 0.25) is 0 Å². The number of aliphatic hydroxyl groups is 1. The molecule has 1 saturated carbocycles. The monoisotopic (exact) mass is 403 g/mol. The van der Waals surface area contributed by atoms with Crippen molar-refractivity contribution in [2.45, 2.75) is 63.0 Å². The number of rotatable bonds is 2. The van der Waals surface area contributed by atoms with Crippen LogP contribution in [0.5, 0.6) is 0 Å². The molecule has 2 aromatic rings. The molecule has 1 amide bonds. The number of hydrogen-bond donors (Lipinski definition) is 1. The summed E-state index contributed by atoms with van der Waals surface area (Å²) in [5.74, 6) is 0.201. The van der Waals surface area contributed by atoms with E-state index < -0.39 is 5.60 Å². The molecule has 1 saturated heterocycles. The Morgan fingerprint density at radius 1 is 1.00 bits per heavy atom. The lowest BCUT2D eigenvalue weighted by Gasteiger charge is -2.52. The van der Waals surface area contributed by atoms with Crippen molar-refractivity contribution in [3.05, 3.63) is 70.8 Å². The summed E-state index contributed by atoms with van der Waals surface area (Å²) in [6, 6.07) is 15.7. The van der Waals surface area contributed by atoms with Gasteiger partial charge in [-0.3, -0.25) is 9.59 Å². The Bertz CT molecular complexity index is 969. The van der Waals surface area contributed by atoms with Gasteiger partial charge in [0, 0.05) is 36.1 Å². The minimum absolute atomic E-state index is 0.00295. The summed E-state index contributed by atoms with van der Waals surface area (Å²) in [4.78, 5) is 27.9. The van der Waals surface area contributed by atoms with Gasteiger partial charge in [-0.25, -0.2) is 0 Å². The quantitative estimate of drug-likeness (QED) is 0.803. The highest BCUT2D eigenvalue weighted by molar-refractivity contribution is 6.02. The van der Waals surface area contributed by atoms with Crippen molar-refractivity contribution in [1.82, 2.24) is 4.90 Å². The molecule has 2 aromatic carbocycles. The summed E-state index contributed by atoms with van der Waals surface area (Å²) in [7, 11) is 0. The van der Waals surface area contributed by atoms with Crippen LogP contribution in [0.15, 0.2) is 48.5 Å². The van der Waals surface area contributed by atoms with Crippen molar-refractivity contribution in [3.63, 3.8) is 0 Å². The van der Waals surface area contributed by atoms with Gasteiger partial charge in [0.15, 0.2) is 5.78 Å². The van der Waals surface area contributed by atoms with E-state index in [2.05, 4.69) is 0 Å². The van der Waals surface area contributed by atoms with Gasteiger partial charge in [-0.05, 0) is 55.4 Å². The highest BCUT2D eigenvalue weighted by Crippen LogP contribution is 2.47. The van der Waals surface area contributed by atoms with Crippen LogP contribution >= 0.6 is 0 Å². The van der Waals surface area contributed by atoms with Crippen LogP contribution in [0, 0.1) is 5.92 Å². The number of amides is 1. The van der Waals surface area contributed by atoms with E-state index in [1.165, 1.54) is 0 Å². The molecule has 156 valence electrons. The summed E-state index contributed by atoms with van der Waals surface area (Å²) < 4.78 is 0. The number of piperidine rings is 1. The fourth-order valence-corrected chi connectivity index (χ4v) is 5.95. The molecule has 3 atom stereocenters. The Morgan fingerprint density at radius 2 is 1.80 bits per heavy atom. The summed E-state index contributed by atoms with van der Waals surface area (Å²) >= 11 is 0. The largest absolute Gasteiger partial charge is 0.385 e. The number of likely N-dealkylation sites (tertiary alicyclic amines) is 1. The minimum atomic E-state index is -0.880. The molecule has 30 heavy (non-hydrogen) atoms. The molecule has 4 heteroatoms. The Kier molecular flexibility index (Phi) is 4.98. The summed E-state index contributed by atoms with van der Waals surface area (Å²) in [5, 5.41) is 11.7. The van der Waals surface area contributed by atoms with Crippen molar-refractivity contribution >= 4 is 11.7 Å². The number of Topliss-reactive ketones (excluding diaryl/α,β-unsaturated/α-hetero) is 1. The molecular weight excluding hydrogens is 374 g/mol. The maximum absolute atomic E-state index is 13.5. The predicted octanol–water partition coefficient (Wildman–Crippen LogP) is 4.50. The summed E-state index contributed by atoms with van der Waals surface area (Å²) in [6.07, 6.45) is 6.96. The van der Waals surface area contributed by atoms with Crippen LogP contribution in [0.4, 0.5) is 0 Å². The van der Waals surface area contributed by atoms with Crippen molar-refractivity contribution < 1.29 is 14.7 Å². The van der Waals surface area contributed by atoms with Gasteiger partial charge < -0.3 is 10.0 Å². The molecule has 1 unspecified atom stereocenters. The lowest BCUT2D eigenvalue weighted by Crippen LogP contribution is -2.59. The second-order valence-electron chi connectivity index (χ2n) is 9.15. The van der Waals surface area contributed by atoms with E-state index in [9.17, 15) is 14.7 Å². The maximum Gasteiger partial charge on any atom is 0.254 e. The van der Waals surface area contributed by atoms with Gasteiger partial charge >= 0.3 is 0 Å². The van der Waals surface area contributed by atoms with E-state index in [0.717, 1.165) is 55.2 Å². The second-order valence-corrected chi connectivity index (χ2v) is 9.15. The average Bonchev–Trinajstić information content (AvgIpc) is 2.80. The third-order valence-corrected chi connectivity index (χ3v) is 7.52. The number of aryl methyl sites for hydroxylation is 1. The van der Waals surface area contributed by atoms with Gasteiger partial charge in [-0.1, -0.05) is 49.2 Å². The molecule has 2 aliphatic carbocycles. The van der Waals surface area contributed by atoms with Crippen molar-refractivity contribution in [1.29, 1.82) is 0 Å². The zero-order valence-electron chi connectivity index (χ0n) is 17.3. The maximum atomic E-state index is 13.5. The number of hydrogen-bond acceptors (Lipinski definition) is 3. The first-order valence-corrected chi connectivity index (χ1v) is 11.3. The Balaban J connectivity index is 1.45. The number of carbonyl (C=O) groups is 2. The molecule has 0 bridgehead atoms. The number of nitrogens with zero attached hydrogens (tertiary/aromatic N) is 1. The number of ketones is 1. The fourth-order valence-electron chi connectivity index (χ4n) is 5.95. The molecule has 3 aliphatic rings. The van der Waals surface area contributed by atoms with Crippen LogP contribution < -0.4 is 0 Å². The van der Waals surface area contributed by atoms with Crippen LogP contribution in [-0.4, -0.2) is 34.3 Å². The smallest absolute Gasteiger partial charge is 0.254 e. The normalized spacial score (nSPS) is 28.6. The van der Waals surface area contributed by atoms with Gasteiger partial charge in [0.2, 0.25) is 0 Å². The van der Waals surface area contributed by atoms with Crippen LogP contribution in [-0.2, 0) is 12.0 Å². The van der Waals surface area contributed by atoms with E-state index in [4.69, 9.17) is 0 Å². The SMILES string of the molecule is O=C1CCCc2ccc(C(=O)N3CC[C@](O)(c4ccccc4)[C@@H]4CCCCC43)cc21. The second kappa shape index (κ2) is 7.66. The zero-order chi connectivity index (χ0) is 20.7. The van der Waals surface area contributed by atoms with E-state index in [1.54, 1.807) is 0 Å². The zero-order valence-corrected chi connectivity index (χ0v) is 17.3. The highest BCUT2D eigenvalue weighted by Gasteiger charge is 2.50. The van der Waals surface area contributed by atoms with Crippen LogP contribution in [0.25, 0.3) is 0 Å². The third kappa shape index (κ3) is 3.18. The number of benzene rings is 2.